The van der Waals surface area contributed by atoms with Crippen LogP contribution in [0.1, 0.15) is 25.8 Å². The van der Waals surface area contributed by atoms with Crippen molar-refractivity contribution in [2.24, 2.45) is 5.92 Å². The SMILES string of the molecule is COc1cccc(CNCC2CCN(C(C)C)C2)c1OC. The van der Waals surface area contributed by atoms with Crippen molar-refractivity contribution in [1.82, 2.24) is 10.2 Å². The van der Waals surface area contributed by atoms with E-state index in [0.717, 1.165) is 36.1 Å². The summed E-state index contributed by atoms with van der Waals surface area (Å²) in [6.45, 7) is 8.86. The van der Waals surface area contributed by atoms with Gasteiger partial charge in [0.05, 0.1) is 14.2 Å². The number of benzene rings is 1. The second-order valence-electron chi connectivity index (χ2n) is 6.03. The Hall–Kier alpha value is -1.26. The molecule has 0 aliphatic carbocycles. The van der Waals surface area contributed by atoms with Crippen LogP contribution in [0.15, 0.2) is 18.2 Å². The van der Waals surface area contributed by atoms with E-state index in [0.29, 0.717) is 6.04 Å². The number of methoxy groups -OCH3 is 2. The van der Waals surface area contributed by atoms with E-state index in [1.165, 1.54) is 19.5 Å². The first-order chi connectivity index (χ1) is 10.2. The van der Waals surface area contributed by atoms with Crippen molar-refractivity contribution in [3.05, 3.63) is 23.8 Å². The van der Waals surface area contributed by atoms with E-state index in [9.17, 15) is 0 Å². The molecule has 1 saturated heterocycles. The monoisotopic (exact) mass is 292 g/mol. The molecule has 0 bridgehead atoms. The molecule has 118 valence electrons. The molecule has 1 heterocycles. The highest BCUT2D eigenvalue weighted by molar-refractivity contribution is 5.46. The molecule has 0 aromatic heterocycles. The maximum absolute atomic E-state index is 5.47. The predicted octanol–water partition coefficient (Wildman–Crippen LogP) is 2.52. The molecular formula is C17H28N2O2. The van der Waals surface area contributed by atoms with Gasteiger partial charge in [-0.2, -0.15) is 0 Å². The van der Waals surface area contributed by atoms with Crippen LogP contribution in [-0.4, -0.2) is 44.8 Å². The Morgan fingerprint density at radius 2 is 2.10 bits per heavy atom. The molecule has 0 amide bonds. The Balaban J connectivity index is 1.84. The van der Waals surface area contributed by atoms with Gasteiger partial charge >= 0.3 is 0 Å². The molecule has 0 spiro atoms. The van der Waals surface area contributed by atoms with Gasteiger partial charge in [-0.15, -0.1) is 0 Å². The number of likely N-dealkylation sites (tertiary alicyclic amines) is 1. The molecule has 0 radical (unpaired) electrons. The fourth-order valence-electron chi connectivity index (χ4n) is 3.00. The van der Waals surface area contributed by atoms with Crippen LogP contribution >= 0.6 is 0 Å². The lowest BCUT2D eigenvalue weighted by atomic mass is 10.1. The van der Waals surface area contributed by atoms with Crippen molar-refractivity contribution < 1.29 is 9.47 Å². The summed E-state index contributed by atoms with van der Waals surface area (Å²) in [7, 11) is 3.37. The van der Waals surface area contributed by atoms with Crippen LogP contribution in [0.2, 0.25) is 0 Å². The van der Waals surface area contributed by atoms with Crippen LogP contribution in [0.4, 0.5) is 0 Å². The van der Waals surface area contributed by atoms with Gasteiger partial charge in [0, 0.05) is 24.7 Å². The van der Waals surface area contributed by atoms with E-state index in [1.807, 2.05) is 12.1 Å². The van der Waals surface area contributed by atoms with Crippen LogP contribution < -0.4 is 14.8 Å². The van der Waals surface area contributed by atoms with Gasteiger partial charge in [-0.3, -0.25) is 0 Å². The number of hydrogen-bond donors (Lipinski definition) is 1. The van der Waals surface area contributed by atoms with Gasteiger partial charge in [0.1, 0.15) is 0 Å². The molecular weight excluding hydrogens is 264 g/mol. The fraction of sp³-hybridized carbons (Fsp3) is 0.647. The minimum atomic E-state index is 0.661. The van der Waals surface area contributed by atoms with Crippen molar-refractivity contribution in [2.75, 3.05) is 33.9 Å². The van der Waals surface area contributed by atoms with E-state index < -0.39 is 0 Å². The molecule has 1 aliphatic rings. The number of nitrogens with one attached hydrogen (secondary N) is 1. The summed E-state index contributed by atoms with van der Waals surface area (Å²) < 4.78 is 10.8. The van der Waals surface area contributed by atoms with Crippen LogP contribution in [0.25, 0.3) is 0 Å². The van der Waals surface area contributed by atoms with E-state index in [1.54, 1.807) is 14.2 Å². The summed E-state index contributed by atoms with van der Waals surface area (Å²) in [5, 5.41) is 3.57. The number of para-hydroxylation sites is 1. The fourth-order valence-corrected chi connectivity index (χ4v) is 3.00. The lowest BCUT2D eigenvalue weighted by Gasteiger charge is -2.20. The maximum atomic E-state index is 5.47. The van der Waals surface area contributed by atoms with Crippen molar-refractivity contribution in [3.63, 3.8) is 0 Å². The van der Waals surface area contributed by atoms with Gasteiger partial charge in [0.15, 0.2) is 11.5 Å². The van der Waals surface area contributed by atoms with Crippen LogP contribution in [0.5, 0.6) is 11.5 Å². The van der Waals surface area contributed by atoms with Gasteiger partial charge in [-0.1, -0.05) is 12.1 Å². The molecule has 1 aromatic rings. The number of ether oxygens (including phenoxy) is 2. The topological polar surface area (TPSA) is 33.7 Å². The number of hydrogen-bond acceptors (Lipinski definition) is 4. The molecule has 4 heteroatoms. The van der Waals surface area contributed by atoms with Gasteiger partial charge in [-0.25, -0.2) is 0 Å². The molecule has 1 aliphatic heterocycles. The Kier molecular flexibility index (Phi) is 5.88. The summed E-state index contributed by atoms with van der Waals surface area (Å²) in [5.74, 6) is 2.38. The third kappa shape index (κ3) is 4.11. The first-order valence-corrected chi connectivity index (χ1v) is 7.80. The minimum Gasteiger partial charge on any atom is -0.493 e. The van der Waals surface area contributed by atoms with Crippen LogP contribution in [0.3, 0.4) is 0 Å². The first kappa shape index (κ1) is 16.1. The zero-order valence-electron chi connectivity index (χ0n) is 13.7. The summed E-state index contributed by atoms with van der Waals surface area (Å²) in [5.41, 5.74) is 1.15. The summed E-state index contributed by atoms with van der Waals surface area (Å²) in [6, 6.07) is 6.69. The smallest absolute Gasteiger partial charge is 0.165 e. The molecule has 1 aromatic carbocycles. The number of rotatable bonds is 7. The average molecular weight is 292 g/mol. The number of nitrogens with zero attached hydrogens (tertiary/aromatic N) is 1. The second-order valence-corrected chi connectivity index (χ2v) is 6.03. The second kappa shape index (κ2) is 7.66. The van der Waals surface area contributed by atoms with Crippen molar-refractivity contribution in [2.45, 2.75) is 32.9 Å². The molecule has 1 fully saturated rings. The summed E-state index contributed by atoms with van der Waals surface area (Å²) in [6.07, 6.45) is 1.29. The zero-order chi connectivity index (χ0) is 15.2. The summed E-state index contributed by atoms with van der Waals surface area (Å²) in [4.78, 5) is 2.55. The molecule has 2 rings (SSSR count). The lowest BCUT2D eigenvalue weighted by molar-refractivity contribution is 0.264. The van der Waals surface area contributed by atoms with Crippen LogP contribution in [0, 0.1) is 5.92 Å². The van der Waals surface area contributed by atoms with E-state index in [4.69, 9.17) is 9.47 Å². The van der Waals surface area contributed by atoms with Crippen molar-refractivity contribution in [1.29, 1.82) is 0 Å². The van der Waals surface area contributed by atoms with Crippen LogP contribution in [-0.2, 0) is 6.54 Å². The largest absolute Gasteiger partial charge is 0.493 e. The molecule has 4 nitrogen and oxygen atoms in total. The Labute approximate surface area is 128 Å². The standard InChI is InChI=1S/C17H28N2O2/c1-13(2)19-9-8-14(12-19)10-18-11-15-6-5-7-16(20-3)17(15)21-4/h5-7,13-14,18H,8-12H2,1-4H3. The predicted molar refractivity (Wildman–Crippen MR) is 86.1 cm³/mol. The van der Waals surface area contributed by atoms with Gasteiger partial charge < -0.3 is 19.7 Å². The summed E-state index contributed by atoms with van der Waals surface area (Å²) >= 11 is 0. The first-order valence-electron chi connectivity index (χ1n) is 7.80. The maximum Gasteiger partial charge on any atom is 0.165 e. The van der Waals surface area contributed by atoms with E-state index in [2.05, 4.69) is 30.1 Å². The zero-order valence-corrected chi connectivity index (χ0v) is 13.7. The van der Waals surface area contributed by atoms with E-state index >= 15 is 0 Å². The molecule has 1 atom stereocenters. The Morgan fingerprint density at radius 1 is 1.29 bits per heavy atom. The van der Waals surface area contributed by atoms with E-state index in [-0.39, 0.29) is 0 Å². The van der Waals surface area contributed by atoms with Gasteiger partial charge in [-0.05, 0) is 45.3 Å². The minimum absolute atomic E-state index is 0.661. The third-order valence-electron chi connectivity index (χ3n) is 4.28. The quantitative estimate of drug-likeness (QED) is 0.837. The molecule has 21 heavy (non-hydrogen) atoms. The average Bonchev–Trinajstić information content (AvgIpc) is 2.96. The molecule has 1 unspecified atom stereocenters. The highest BCUT2D eigenvalue weighted by Gasteiger charge is 2.23. The normalized spacial score (nSPS) is 19.2. The Morgan fingerprint density at radius 3 is 2.71 bits per heavy atom. The lowest BCUT2D eigenvalue weighted by Crippen LogP contribution is -2.30. The highest BCUT2D eigenvalue weighted by Crippen LogP contribution is 2.30. The van der Waals surface area contributed by atoms with Crippen molar-refractivity contribution >= 4 is 0 Å². The highest BCUT2D eigenvalue weighted by atomic mass is 16.5. The molecule has 1 N–H and O–H groups in total. The Bertz CT molecular complexity index is 448. The third-order valence-corrected chi connectivity index (χ3v) is 4.28. The van der Waals surface area contributed by atoms with Gasteiger partial charge in [0.25, 0.3) is 0 Å². The van der Waals surface area contributed by atoms with Crippen molar-refractivity contribution in [3.8, 4) is 11.5 Å². The molecule has 0 saturated carbocycles. The van der Waals surface area contributed by atoms with Gasteiger partial charge in [0.2, 0.25) is 0 Å².